The smallest absolute Gasteiger partial charge is 0.412 e. The molecule has 2 rings (SSSR count). The van der Waals surface area contributed by atoms with Gasteiger partial charge in [-0.25, -0.2) is 14.4 Å². The summed E-state index contributed by atoms with van der Waals surface area (Å²) in [6.45, 7) is 9.20. The van der Waals surface area contributed by atoms with Crippen LogP contribution in [0.2, 0.25) is 0 Å². The van der Waals surface area contributed by atoms with Gasteiger partial charge in [0, 0.05) is 11.6 Å². The van der Waals surface area contributed by atoms with Crippen LogP contribution in [0.25, 0.3) is 0 Å². The van der Waals surface area contributed by atoms with Crippen molar-refractivity contribution in [3.63, 3.8) is 0 Å². The zero-order valence-corrected chi connectivity index (χ0v) is 22.9. The first kappa shape index (κ1) is 31.9. The number of carbonyl (C=O) groups excluding carboxylic acids is 3. The van der Waals surface area contributed by atoms with E-state index < -0.39 is 59.3 Å². The van der Waals surface area contributed by atoms with Gasteiger partial charge in [0.15, 0.2) is 6.23 Å². The minimum absolute atomic E-state index is 0.0181. The normalized spacial score (nSPS) is 23.2. The van der Waals surface area contributed by atoms with Crippen molar-refractivity contribution >= 4 is 24.0 Å². The number of aliphatic hydroxyl groups is 3. The van der Waals surface area contributed by atoms with Crippen LogP contribution in [0.3, 0.4) is 0 Å². The molecule has 15 heteroatoms. The Kier molecular flexibility index (Phi) is 10.4. The van der Waals surface area contributed by atoms with Crippen LogP contribution in [0, 0.1) is 10.8 Å². The summed E-state index contributed by atoms with van der Waals surface area (Å²) in [7, 11) is 0. The zero-order valence-electron chi connectivity index (χ0n) is 22.9. The number of aliphatic hydroxyl groups excluding tert-OH is 2. The molecule has 0 aliphatic carbocycles. The summed E-state index contributed by atoms with van der Waals surface area (Å²) in [4.78, 5) is 51.9. The standard InChI is InChI=1S/C24H38N4O11/c1-22(2,3)18(31)37-12-23(4,5)13-38-20(33)25-8-10-36-21(34)27-15-7-9-28(19(32)26-15)17-24(6,35)16(30)14(11-29)39-17/h7,9,14,16-17,29-30,35H,8,10-13H2,1-6H3,(H,25,33)(H,26,27,32,34)/t14-,16-,17-,24-/m1/s1. The molecule has 1 saturated heterocycles. The first-order chi connectivity index (χ1) is 18.0. The van der Waals surface area contributed by atoms with Crippen molar-refractivity contribution in [1.82, 2.24) is 14.9 Å². The Labute approximate surface area is 225 Å². The largest absolute Gasteiger partial charge is 0.465 e. The van der Waals surface area contributed by atoms with Crippen molar-refractivity contribution in [2.75, 3.05) is 38.3 Å². The fourth-order valence-corrected chi connectivity index (χ4v) is 3.32. The highest BCUT2D eigenvalue weighted by atomic mass is 16.6. The van der Waals surface area contributed by atoms with Crippen molar-refractivity contribution in [3.05, 3.63) is 22.7 Å². The fourth-order valence-electron chi connectivity index (χ4n) is 3.32. The molecule has 0 saturated carbocycles. The number of nitrogens with zero attached hydrogens (tertiary/aromatic N) is 2. The topological polar surface area (TPSA) is 208 Å². The Morgan fingerprint density at radius 2 is 1.77 bits per heavy atom. The number of aromatic nitrogens is 2. The molecule has 2 amide bonds. The van der Waals surface area contributed by atoms with Gasteiger partial charge in [-0.3, -0.25) is 14.7 Å². The summed E-state index contributed by atoms with van der Waals surface area (Å²) in [5.74, 6) is -0.515. The van der Waals surface area contributed by atoms with Gasteiger partial charge < -0.3 is 39.6 Å². The lowest BCUT2D eigenvalue weighted by atomic mass is 9.95. The van der Waals surface area contributed by atoms with E-state index in [1.165, 1.54) is 19.2 Å². The van der Waals surface area contributed by atoms with E-state index in [0.29, 0.717) is 0 Å². The Morgan fingerprint density at radius 1 is 1.13 bits per heavy atom. The molecular formula is C24H38N4O11. The van der Waals surface area contributed by atoms with Crippen LogP contribution in [-0.2, 0) is 23.7 Å². The first-order valence-corrected chi connectivity index (χ1v) is 12.3. The highest BCUT2D eigenvalue weighted by Gasteiger charge is 2.53. The monoisotopic (exact) mass is 558 g/mol. The van der Waals surface area contributed by atoms with Crippen molar-refractivity contribution in [2.45, 2.75) is 65.6 Å². The molecule has 0 radical (unpaired) electrons. The lowest BCUT2D eigenvalue weighted by Gasteiger charge is -2.27. The molecule has 15 nitrogen and oxygen atoms in total. The lowest BCUT2D eigenvalue weighted by Crippen LogP contribution is -2.46. The van der Waals surface area contributed by atoms with Gasteiger partial charge in [0.1, 0.15) is 36.8 Å². The quantitative estimate of drug-likeness (QED) is 0.148. The van der Waals surface area contributed by atoms with Gasteiger partial charge in [0.25, 0.3) is 0 Å². The first-order valence-electron chi connectivity index (χ1n) is 12.3. The lowest BCUT2D eigenvalue weighted by molar-refractivity contribution is -0.156. The predicted octanol–water partition coefficient (Wildman–Crippen LogP) is 0.135. The second-order valence-corrected chi connectivity index (χ2v) is 11.1. The van der Waals surface area contributed by atoms with Crippen LogP contribution >= 0.6 is 0 Å². The van der Waals surface area contributed by atoms with Crippen LogP contribution < -0.4 is 16.3 Å². The SMILES string of the molecule is CC(C)(COC(=O)NCCOC(=O)Nc1ccn([C@@H]2O[C@H](CO)[C@@H](O)[C@@]2(C)O)c(=O)n1)COC(=O)C(C)(C)C. The number of rotatable bonds is 10. The van der Waals surface area contributed by atoms with Gasteiger partial charge in [-0.05, 0) is 33.8 Å². The summed E-state index contributed by atoms with van der Waals surface area (Å²) in [6, 6.07) is 1.25. The van der Waals surface area contributed by atoms with E-state index in [-0.39, 0.29) is 38.2 Å². The number of nitrogens with one attached hydrogen (secondary N) is 2. The molecular weight excluding hydrogens is 520 g/mol. The summed E-state index contributed by atoms with van der Waals surface area (Å²) in [5, 5.41) is 34.5. The molecule has 220 valence electrons. The van der Waals surface area contributed by atoms with E-state index in [9.17, 15) is 34.5 Å². The van der Waals surface area contributed by atoms with Crippen LogP contribution in [0.5, 0.6) is 0 Å². The van der Waals surface area contributed by atoms with Crippen molar-refractivity contribution in [3.8, 4) is 0 Å². The number of esters is 1. The van der Waals surface area contributed by atoms with E-state index >= 15 is 0 Å². The Balaban J connectivity index is 1.74. The number of hydrogen-bond acceptors (Lipinski definition) is 12. The molecule has 1 fully saturated rings. The molecule has 0 unspecified atom stereocenters. The van der Waals surface area contributed by atoms with Gasteiger partial charge in [0.2, 0.25) is 0 Å². The number of ether oxygens (including phenoxy) is 4. The van der Waals surface area contributed by atoms with Crippen LogP contribution in [0.1, 0.15) is 47.8 Å². The van der Waals surface area contributed by atoms with Gasteiger partial charge >= 0.3 is 23.8 Å². The summed E-state index contributed by atoms with van der Waals surface area (Å²) >= 11 is 0. The van der Waals surface area contributed by atoms with E-state index in [1.54, 1.807) is 34.6 Å². The highest BCUT2D eigenvalue weighted by Crippen LogP contribution is 2.37. The van der Waals surface area contributed by atoms with Crippen molar-refractivity contribution in [1.29, 1.82) is 0 Å². The summed E-state index contributed by atoms with van der Waals surface area (Å²) < 4.78 is 21.6. The molecule has 0 bridgehead atoms. The summed E-state index contributed by atoms with van der Waals surface area (Å²) in [6.07, 6.45) is -4.36. The number of amides is 2. The van der Waals surface area contributed by atoms with E-state index in [0.717, 1.165) is 4.57 Å². The van der Waals surface area contributed by atoms with Crippen LogP contribution in [0.4, 0.5) is 15.4 Å². The average Bonchev–Trinajstić information content (AvgIpc) is 3.07. The second kappa shape index (κ2) is 12.7. The number of carbonyl (C=O) groups is 3. The molecule has 0 spiro atoms. The molecule has 1 aliphatic heterocycles. The number of anilines is 1. The average molecular weight is 559 g/mol. The highest BCUT2D eigenvalue weighted by molar-refractivity contribution is 5.83. The minimum atomic E-state index is -1.88. The molecule has 1 aromatic heterocycles. The fraction of sp³-hybridized carbons (Fsp3) is 0.708. The van der Waals surface area contributed by atoms with Gasteiger partial charge in [-0.2, -0.15) is 4.98 Å². The zero-order chi connectivity index (χ0) is 29.6. The third-order valence-corrected chi connectivity index (χ3v) is 5.65. The molecule has 1 aliphatic rings. The Morgan fingerprint density at radius 3 is 2.33 bits per heavy atom. The molecule has 0 aromatic carbocycles. The molecule has 5 N–H and O–H groups in total. The Hall–Kier alpha value is -3.27. The minimum Gasteiger partial charge on any atom is -0.465 e. The Bertz CT molecular complexity index is 1080. The molecule has 4 atom stereocenters. The molecule has 1 aromatic rings. The van der Waals surface area contributed by atoms with E-state index in [1.807, 2.05) is 0 Å². The summed E-state index contributed by atoms with van der Waals surface area (Å²) in [5.41, 5.74) is -4.03. The number of hydrogen-bond donors (Lipinski definition) is 5. The third kappa shape index (κ3) is 8.88. The van der Waals surface area contributed by atoms with Crippen LogP contribution in [-0.4, -0.2) is 93.8 Å². The maximum Gasteiger partial charge on any atom is 0.412 e. The van der Waals surface area contributed by atoms with Crippen molar-refractivity contribution in [2.24, 2.45) is 10.8 Å². The molecule has 39 heavy (non-hydrogen) atoms. The van der Waals surface area contributed by atoms with E-state index in [4.69, 9.17) is 18.9 Å². The van der Waals surface area contributed by atoms with Gasteiger partial charge in [-0.15, -0.1) is 0 Å². The van der Waals surface area contributed by atoms with Gasteiger partial charge in [-0.1, -0.05) is 13.8 Å². The van der Waals surface area contributed by atoms with E-state index in [2.05, 4.69) is 15.6 Å². The molecule has 2 heterocycles. The second-order valence-electron chi connectivity index (χ2n) is 11.1. The maximum atomic E-state index is 12.4. The van der Waals surface area contributed by atoms with Crippen molar-refractivity contribution < 1.29 is 48.7 Å². The third-order valence-electron chi connectivity index (χ3n) is 5.65. The van der Waals surface area contributed by atoms with Gasteiger partial charge in [0.05, 0.1) is 25.2 Å². The predicted molar refractivity (Wildman–Crippen MR) is 135 cm³/mol. The maximum absolute atomic E-state index is 12.4. The number of alkyl carbamates (subject to hydrolysis) is 1. The van der Waals surface area contributed by atoms with Crippen LogP contribution in [0.15, 0.2) is 17.1 Å².